The molecule has 21 heavy (non-hydrogen) atoms. The van der Waals surface area contributed by atoms with Crippen molar-refractivity contribution in [3.63, 3.8) is 0 Å². The van der Waals surface area contributed by atoms with E-state index in [1.165, 1.54) is 28.7 Å². The second-order valence-electron chi connectivity index (χ2n) is 5.64. The molecular formula is C19H23NO. The van der Waals surface area contributed by atoms with Crippen LogP contribution in [0.25, 0.3) is 11.1 Å². The van der Waals surface area contributed by atoms with Crippen LogP contribution in [-0.2, 0) is 6.42 Å². The van der Waals surface area contributed by atoms with Gasteiger partial charge in [-0.3, -0.25) is 0 Å². The summed E-state index contributed by atoms with van der Waals surface area (Å²) in [7, 11) is 2.04. The van der Waals surface area contributed by atoms with Crippen LogP contribution in [0, 0.1) is 0 Å². The molecule has 3 rings (SSSR count). The summed E-state index contributed by atoms with van der Waals surface area (Å²) in [6.45, 7) is 2.90. The molecule has 0 bridgehead atoms. The predicted octanol–water partition coefficient (Wildman–Crippen LogP) is 4.35. The molecule has 0 saturated carbocycles. The molecule has 0 spiro atoms. The standard InChI is InChI=1S/C19H23NO/c1-3-12-21-19-7-5-4-6-17(19)15-8-10-16-14(13-15)9-11-18(16)20-2/h4-8,10,13,18,20H,3,9,11-12H2,1-2H3. The molecule has 1 N–H and O–H groups in total. The lowest BCUT2D eigenvalue weighted by Crippen LogP contribution is -2.12. The number of rotatable bonds is 5. The van der Waals surface area contributed by atoms with Crippen molar-refractivity contribution in [3.8, 4) is 16.9 Å². The van der Waals surface area contributed by atoms with Gasteiger partial charge in [-0.05, 0) is 49.1 Å². The van der Waals surface area contributed by atoms with Crippen molar-refractivity contribution in [2.45, 2.75) is 32.2 Å². The van der Waals surface area contributed by atoms with E-state index in [-0.39, 0.29) is 0 Å². The third-order valence-electron chi connectivity index (χ3n) is 4.23. The molecule has 2 nitrogen and oxygen atoms in total. The largest absolute Gasteiger partial charge is 0.493 e. The predicted molar refractivity (Wildman–Crippen MR) is 87.8 cm³/mol. The maximum Gasteiger partial charge on any atom is 0.127 e. The van der Waals surface area contributed by atoms with Gasteiger partial charge in [-0.15, -0.1) is 0 Å². The van der Waals surface area contributed by atoms with Crippen molar-refractivity contribution in [3.05, 3.63) is 53.6 Å². The second-order valence-corrected chi connectivity index (χ2v) is 5.64. The van der Waals surface area contributed by atoms with E-state index in [1.54, 1.807) is 0 Å². The summed E-state index contributed by atoms with van der Waals surface area (Å²) in [4.78, 5) is 0. The van der Waals surface area contributed by atoms with Crippen molar-refractivity contribution in [2.24, 2.45) is 0 Å². The second kappa shape index (κ2) is 6.31. The minimum absolute atomic E-state index is 0.514. The molecule has 0 heterocycles. The van der Waals surface area contributed by atoms with Crippen LogP contribution in [0.1, 0.15) is 36.9 Å². The number of ether oxygens (including phenoxy) is 1. The van der Waals surface area contributed by atoms with Crippen LogP contribution >= 0.6 is 0 Å². The molecule has 0 amide bonds. The Morgan fingerprint density at radius 3 is 2.86 bits per heavy atom. The first-order valence-corrected chi connectivity index (χ1v) is 7.85. The number of hydrogen-bond acceptors (Lipinski definition) is 2. The first kappa shape index (κ1) is 14.2. The van der Waals surface area contributed by atoms with Gasteiger partial charge in [-0.25, -0.2) is 0 Å². The van der Waals surface area contributed by atoms with E-state index in [9.17, 15) is 0 Å². The maximum absolute atomic E-state index is 5.89. The molecular weight excluding hydrogens is 258 g/mol. The molecule has 1 aliphatic rings. The zero-order chi connectivity index (χ0) is 14.7. The topological polar surface area (TPSA) is 21.3 Å². The van der Waals surface area contributed by atoms with Gasteiger partial charge in [0.25, 0.3) is 0 Å². The zero-order valence-electron chi connectivity index (χ0n) is 12.9. The van der Waals surface area contributed by atoms with Crippen molar-refractivity contribution < 1.29 is 4.74 Å². The lowest BCUT2D eigenvalue weighted by Gasteiger charge is -2.13. The third-order valence-corrected chi connectivity index (χ3v) is 4.23. The Morgan fingerprint density at radius 2 is 2.05 bits per heavy atom. The third kappa shape index (κ3) is 2.81. The van der Waals surface area contributed by atoms with Crippen LogP contribution in [0.15, 0.2) is 42.5 Å². The highest BCUT2D eigenvalue weighted by Gasteiger charge is 2.21. The van der Waals surface area contributed by atoms with Crippen LogP contribution < -0.4 is 10.1 Å². The molecule has 0 saturated heterocycles. The highest BCUT2D eigenvalue weighted by Crippen LogP contribution is 2.36. The zero-order valence-corrected chi connectivity index (χ0v) is 12.9. The minimum atomic E-state index is 0.514. The van der Waals surface area contributed by atoms with Crippen LogP contribution in [0.2, 0.25) is 0 Å². The van der Waals surface area contributed by atoms with Crippen molar-refractivity contribution >= 4 is 0 Å². The van der Waals surface area contributed by atoms with Crippen LogP contribution in [0.3, 0.4) is 0 Å². The SMILES string of the molecule is CCCOc1ccccc1-c1ccc2c(c1)CCC2NC. The van der Waals surface area contributed by atoms with E-state index in [0.29, 0.717) is 6.04 Å². The molecule has 1 unspecified atom stereocenters. The summed E-state index contributed by atoms with van der Waals surface area (Å²) >= 11 is 0. The van der Waals surface area contributed by atoms with E-state index in [2.05, 4.69) is 48.6 Å². The molecule has 2 heteroatoms. The lowest BCUT2D eigenvalue weighted by molar-refractivity contribution is 0.318. The number of fused-ring (bicyclic) bond motifs is 1. The lowest BCUT2D eigenvalue weighted by atomic mass is 9.99. The quantitative estimate of drug-likeness (QED) is 0.879. The van der Waals surface area contributed by atoms with E-state index in [4.69, 9.17) is 4.74 Å². The molecule has 0 aliphatic heterocycles. The van der Waals surface area contributed by atoms with Crippen molar-refractivity contribution in [1.29, 1.82) is 0 Å². The van der Waals surface area contributed by atoms with E-state index < -0.39 is 0 Å². The summed E-state index contributed by atoms with van der Waals surface area (Å²) in [6, 6.07) is 15.7. The van der Waals surface area contributed by atoms with E-state index >= 15 is 0 Å². The number of para-hydroxylation sites is 1. The van der Waals surface area contributed by atoms with Gasteiger partial charge in [-0.1, -0.05) is 43.3 Å². The molecule has 2 aromatic carbocycles. The average Bonchev–Trinajstić information content (AvgIpc) is 2.95. The molecule has 2 aromatic rings. The summed E-state index contributed by atoms with van der Waals surface area (Å²) in [5, 5.41) is 3.39. The average molecular weight is 281 g/mol. The van der Waals surface area contributed by atoms with E-state index in [0.717, 1.165) is 25.2 Å². The number of aryl methyl sites for hydroxylation is 1. The fraction of sp³-hybridized carbons (Fsp3) is 0.368. The maximum atomic E-state index is 5.89. The summed E-state index contributed by atoms with van der Waals surface area (Å²) < 4.78 is 5.89. The minimum Gasteiger partial charge on any atom is -0.493 e. The fourth-order valence-corrected chi connectivity index (χ4v) is 3.13. The van der Waals surface area contributed by atoms with Gasteiger partial charge in [-0.2, -0.15) is 0 Å². The van der Waals surface area contributed by atoms with Crippen molar-refractivity contribution in [1.82, 2.24) is 5.32 Å². The van der Waals surface area contributed by atoms with Gasteiger partial charge in [0, 0.05) is 11.6 Å². The molecule has 1 atom stereocenters. The summed E-state index contributed by atoms with van der Waals surface area (Å²) in [5.41, 5.74) is 5.38. The van der Waals surface area contributed by atoms with Crippen LogP contribution in [0.4, 0.5) is 0 Å². The Balaban J connectivity index is 1.95. The first-order valence-electron chi connectivity index (χ1n) is 7.85. The van der Waals surface area contributed by atoms with Crippen molar-refractivity contribution in [2.75, 3.05) is 13.7 Å². The van der Waals surface area contributed by atoms with Gasteiger partial charge in [0.2, 0.25) is 0 Å². The Kier molecular flexibility index (Phi) is 4.26. The number of hydrogen-bond donors (Lipinski definition) is 1. The van der Waals surface area contributed by atoms with Gasteiger partial charge < -0.3 is 10.1 Å². The molecule has 0 radical (unpaired) electrons. The van der Waals surface area contributed by atoms with Crippen LogP contribution in [-0.4, -0.2) is 13.7 Å². The molecule has 0 aromatic heterocycles. The Morgan fingerprint density at radius 1 is 1.19 bits per heavy atom. The normalized spacial score (nSPS) is 16.8. The Bertz CT molecular complexity index is 621. The number of nitrogens with one attached hydrogen (secondary N) is 1. The first-order chi connectivity index (χ1) is 10.3. The van der Waals surface area contributed by atoms with Gasteiger partial charge >= 0.3 is 0 Å². The van der Waals surface area contributed by atoms with Gasteiger partial charge in [0.15, 0.2) is 0 Å². The highest BCUT2D eigenvalue weighted by atomic mass is 16.5. The summed E-state index contributed by atoms with van der Waals surface area (Å²) in [6.07, 6.45) is 3.39. The van der Waals surface area contributed by atoms with Crippen LogP contribution in [0.5, 0.6) is 5.75 Å². The van der Waals surface area contributed by atoms with Gasteiger partial charge in [0.1, 0.15) is 5.75 Å². The summed E-state index contributed by atoms with van der Waals surface area (Å²) in [5.74, 6) is 0.988. The fourth-order valence-electron chi connectivity index (χ4n) is 3.13. The Hall–Kier alpha value is -1.80. The molecule has 1 aliphatic carbocycles. The Labute approximate surface area is 127 Å². The monoisotopic (exact) mass is 281 g/mol. The highest BCUT2D eigenvalue weighted by molar-refractivity contribution is 5.71. The molecule has 0 fully saturated rings. The smallest absolute Gasteiger partial charge is 0.127 e. The van der Waals surface area contributed by atoms with Gasteiger partial charge in [0.05, 0.1) is 6.61 Å². The molecule has 110 valence electrons. The van der Waals surface area contributed by atoms with E-state index in [1.807, 2.05) is 13.1 Å². The number of benzene rings is 2.